The second-order valence-electron chi connectivity index (χ2n) is 24.0. The van der Waals surface area contributed by atoms with Crippen LogP contribution in [0.3, 0.4) is 0 Å². The van der Waals surface area contributed by atoms with Crippen LogP contribution in [0.2, 0.25) is 41.8 Å². The lowest BCUT2D eigenvalue weighted by molar-refractivity contribution is 0.00720. The van der Waals surface area contributed by atoms with E-state index in [1.165, 1.54) is 24.6 Å². The molecule has 6 heterocycles. The van der Waals surface area contributed by atoms with Crippen LogP contribution in [-0.4, -0.2) is 117 Å². The summed E-state index contributed by atoms with van der Waals surface area (Å²) in [5.74, 6) is 3.29. The normalized spacial score (nSPS) is 22.0. The number of ether oxygens (including phenoxy) is 4. The minimum absolute atomic E-state index is 0.0134. The molecule has 2 aromatic carbocycles. The molecule has 3 atom stereocenters. The van der Waals surface area contributed by atoms with Crippen molar-refractivity contribution in [3.8, 4) is 34.5 Å². The van der Waals surface area contributed by atoms with Crippen molar-refractivity contribution >= 4 is 49.7 Å². The molecule has 0 N–H and O–H groups in total. The third kappa shape index (κ3) is 9.67. The summed E-state index contributed by atoms with van der Waals surface area (Å²) in [6.45, 7) is 28.2. The number of aryl methyl sites for hydroxylation is 1. The van der Waals surface area contributed by atoms with Gasteiger partial charge in [-0.2, -0.15) is 9.97 Å². The van der Waals surface area contributed by atoms with Crippen LogP contribution in [0.25, 0.3) is 32.9 Å². The summed E-state index contributed by atoms with van der Waals surface area (Å²) in [6.07, 6.45) is 5.79. The summed E-state index contributed by atoms with van der Waals surface area (Å²) < 4.78 is 59.1. The van der Waals surface area contributed by atoms with E-state index in [9.17, 15) is 4.79 Å². The van der Waals surface area contributed by atoms with Crippen molar-refractivity contribution in [2.45, 2.75) is 173 Å². The smallest absolute Gasteiger partial charge is 0.410 e. The Bertz CT molecular complexity index is 2690. The van der Waals surface area contributed by atoms with Gasteiger partial charge in [0.05, 0.1) is 41.4 Å². The molecule has 15 heteroatoms. The highest BCUT2D eigenvalue weighted by molar-refractivity contribution is 6.90. The van der Waals surface area contributed by atoms with Gasteiger partial charge in [-0.15, -0.1) is 5.54 Å². The topological polar surface area (TPSA) is 102 Å². The van der Waals surface area contributed by atoms with Crippen molar-refractivity contribution in [2.75, 3.05) is 51.6 Å². The van der Waals surface area contributed by atoms with Crippen molar-refractivity contribution < 1.29 is 32.5 Å². The molecule has 4 aliphatic heterocycles. The number of hydrogen-bond donors (Lipinski definition) is 0. The lowest BCUT2D eigenvalue weighted by atomic mass is 9.95. The molecular formula is C55H76F2N6O5Si2. The number of amides is 1. The minimum Gasteiger partial charge on any atom is -0.468 e. The minimum atomic E-state index is -2.33. The fourth-order valence-corrected chi connectivity index (χ4v) is 20.2. The van der Waals surface area contributed by atoms with Crippen LogP contribution in [0.4, 0.5) is 19.4 Å². The number of hydrogen-bond acceptors (Lipinski definition) is 10. The average molecular weight is 995 g/mol. The summed E-state index contributed by atoms with van der Waals surface area (Å²) in [4.78, 5) is 36.2. The van der Waals surface area contributed by atoms with Crippen molar-refractivity contribution in [1.82, 2.24) is 24.8 Å². The lowest BCUT2D eigenvalue weighted by Crippen LogP contribution is -2.62. The van der Waals surface area contributed by atoms with Gasteiger partial charge in [-0.3, -0.25) is 4.90 Å². The quantitative estimate of drug-likeness (QED) is 0.0774. The molecule has 0 spiro atoms. The van der Waals surface area contributed by atoms with E-state index < -0.39 is 33.4 Å². The SMILES string of the molecule is COCOc1cc(-c2nc3c4c(nc(OCC5(CN6CCC[Si](C)(C)CC6)CC5)nc4c2F)N2C[C@H]4CC[C@@H]([C@H]2CC3)N4C(=O)OC(C)(C)C)c2c(C#C[Si](C(C)C)(C(C)C)C(C)C)c(F)ccc2c1. The van der Waals surface area contributed by atoms with Crippen molar-refractivity contribution in [2.24, 2.45) is 5.41 Å². The predicted molar refractivity (Wildman–Crippen MR) is 280 cm³/mol. The summed E-state index contributed by atoms with van der Waals surface area (Å²) >= 11 is 0. The zero-order chi connectivity index (χ0) is 50.1. The molecule has 378 valence electrons. The molecule has 1 saturated carbocycles. The number of methoxy groups -OCH3 is 1. The molecule has 9 rings (SSSR count). The Balaban J connectivity index is 1.20. The fourth-order valence-electron chi connectivity index (χ4n) is 12.7. The van der Waals surface area contributed by atoms with E-state index in [4.69, 9.17) is 33.9 Å². The van der Waals surface area contributed by atoms with Crippen LogP contribution < -0.4 is 14.4 Å². The number of pyridine rings is 1. The van der Waals surface area contributed by atoms with Crippen LogP contribution in [-0.2, 0) is 15.9 Å². The maximum Gasteiger partial charge on any atom is 0.410 e. The fraction of sp³-hybridized carbons (Fsp3) is 0.636. The van der Waals surface area contributed by atoms with E-state index in [2.05, 4.69) is 75.9 Å². The van der Waals surface area contributed by atoms with Gasteiger partial charge in [-0.1, -0.05) is 72.7 Å². The zero-order valence-electron chi connectivity index (χ0n) is 43.9. The Labute approximate surface area is 416 Å². The zero-order valence-corrected chi connectivity index (χ0v) is 45.9. The van der Waals surface area contributed by atoms with Crippen molar-refractivity contribution in [1.29, 1.82) is 0 Å². The van der Waals surface area contributed by atoms with Crippen molar-refractivity contribution in [3.05, 3.63) is 47.2 Å². The van der Waals surface area contributed by atoms with Gasteiger partial charge in [0.25, 0.3) is 0 Å². The first-order valence-electron chi connectivity index (χ1n) is 26.1. The molecule has 3 saturated heterocycles. The van der Waals surface area contributed by atoms with Gasteiger partial charge in [0, 0.05) is 44.6 Å². The molecule has 2 bridgehead atoms. The highest BCUT2D eigenvalue weighted by atomic mass is 28.3. The van der Waals surface area contributed by atoms with Gasteiger partial charge in [-0.05, 0) is 125 Å². The number of piperazine rings is 1. The number of carbonyl (C=O) groups excluding carboxylic acids is 1. The monoisotopic (exact) mass is 995 g/mol. The number of halogens is 2. The second kappa shape index (κ2) is 19.2. The van der Waals surface area contributed by atoms with Crippen LogP contribution in [0.15, 0.2) is 24.3 Å². The number of anilines is 1. The molecule has 0 radical (unpaired) electrons. The third-order valence-electron chi connectivity index (χ3n) is 16.5. The van der Waals surface area contributed by atoms with Crippen LogP contribution in [0, 0.1) is 28.5 Å². The molecule has 0 unspecified atom stereocenters. The third-order valence-corrected chi connectivity index (χ3v) is 26.1. The average Bonchev–Trinajstić information content (AvgIpc) is 4.04. The Kier molecular flexibility index (Phi) is 13.9. The van der Waals surface area contributed by atoms with Crippen molar-refractivity contribution in [3.63, 3.8) is 0 Å². The number of carbonyl (C=O) groups is 1. The molecule has 11 nitrogen and oxygen atoms in total. The summed E-state index contributed by atoms with van der Waals surface area (Å²) in [6, 6.07) is 9.09. The predicted octanol–water partition coefficient (Wildman–Crippen LogP) is 12.2. The standard InChI is InChI=1S/C55H76F2N6O5Si2/c1-34(2)70(35(3)4,36(5)6)26-20-40-42(56)16-14-37-28-39(67-33-65-10)29-41(46(37)40)49-48(57)50-47-43(58-49)17-19-44-45-18-15-38(63(45)53(64)68-54(7,8)9)30-62(44)51(47)60-52(59-50)66-32-55(21-22-55)31-61-23-13-25-69(11,12)27-24-61/h14,16,28-29,34-36,38,44-45H,13,15,17-19,21-25,27,30-33H2,1-12H3/t38-,44-,45+/m1/s1. The number of benzene rings is 2. The summed E-state index contributed by atoms with van der Waals surface area (Å²) in [7, 11) is -1.97. The molecule has 2 aromatic heterocycles. The van der Waals surface area contributed by atoms with Gasteiger partial charge in [0.1, 0.15) is 42.3 Å². The van der Waals surface area contributed by atoms with E-state index in [0.29, 0.717) is 81.6 Å². The maximum atomic E-state index is 18.3. The van der Waals surface area contributed by atoms with E-state index in [0.717, 1.165) is 45.3 Å². The Morgan fingerprint density at radius 1 is 0.929 bits per heavy atom. The van der Waals surface area contributed by atoms with E-state index in [1.54, 1.807) is 19.2 Å². The van der Waals surface area contributed by atoms with Crippen LogP contribution in [0.1, 0.15) is 112 Å². The maximum absolute atomic E-state index is 18.3. The first-order chi connectivity index (χ1) is 33.1. The molecular weight excluding hydrogens is 919 g/mol. The highest BCUT2D eigenvalue weighted by Gasteiger charge is 2.52. The Morgan fingerprint density at radius 2 is 1.67 bits per heavy atom. The van der Waals surface area contributed by atoms with E-state index >= 15 is 8.78 Å². The highest BCUT2D eigenvalue weighted by Crippen LogP contribution is 2.49. The summed E-state index contributed by atoms with van der Waals surface area (Å²) in [5.41, 5.74) is 5.38. The molecule has 1 aliphatic carbocycles. The molecule has 5 aliphatic rings. The second-order valence-corrected chi connectivity index (χ2v) is 34.9. The van der Waals surface area contributed by atoms with Crippen LogP contribution >= 0.6 is 0 Å². The van der Waals surface area contributed by atoms with Gasteiger partial charge >= 0.3 is 12.1 Å². The largest absolute Gasteiger partial charge is 0.468 e. The van der Waals surface area contributed by atoms with E-state index in [1.807, 2.05) is 31.7 Å². The first kappa shape index (κ1) is 50.6. The van der Waals surface area contributed by atoms with E-state index in [-0.39, 0.29) is 59.2 Å². The van der Waals surface area contributed by atoms with Gasteiger partial charge in [-0.25, -0.2) is 18.6 Å². The first-order valence-corrected chi connectivity index (χ1v) is 31.7. The number of nitrogens with zero attached hydrogens (tertiary/aromatic N) is 6. The summed E-state index contributed by atoms with van der Waals surface area (Å²) in [5, 5.41) is 1.65. The van der Waals surface area contributed by atoms with Crippen LogP contribution in [0.5, 0.6) is 11.8 Å². The molecule has 1 amide bonds. The van der Waals surface area contributed by atoms with Gasteiger partial charge < -0.3 is 28.7 Å². The Morgan fingerprint density at radius 3 is 2.36 bits per heavy atom. The van der Waals surface area contributed by atoms with Gasteiger partial charge in [0.2, 0.25) is 0 Å². The number of rotatable bonds is 12. The van der Waals surface area contributed by atoms with Gasteiger partial charge in [0.15, 0.2) is 12.6 Å². The lowest BCUT2D eigenvalue weighted by Gasteiger charge is -2.47. The molecule has 4 aromatic rings. The number of fused-ring (bicyclic) bond motifs is 6. The molecule has 4 fully saturated rings. The number of aromatic nitrogens is 3. The Hall–Kier alpha value is -4.37. The molecule has 70 heavy (non-hydrogen) atoms.